The highest BCUT2D eigenvalue weighted by molar-refractivity contribution is 5.87. The van der Waals surface area contributed by atoms with E-state index in [1.807, 2.05) is 19.3 Å². The summed E-state index contributed by atoms with van der Waals surface area (Å²) >= 11 is 0. The number of nitrogens with zero attached hydrogens (tertiary/aromatic N) is 4. The van der Waals surface area contributed by atoms with E-state index in [1.165, 1.54) is 0 Å². The van der Waals surface area contributed by atoms with Crippen molar-refractivity contribution in [2.45, 2.75) is 25.7 Å². The van der Waals surface area contributed by atoms with Crippen molar-refractivity contribution in [1.29, 1.82) is 0 Å². The number of aromatic carboxylic acids is 1. The van der Waals surface area contributed by atoms with Crippen molar-refractivity contribution in [2.24, 2.45) is 7.05 Å². The number of fused-ring (bicyclic) bond motifs is 1. The Balaban J connectivity index is 2.18. The van der Waals surface area contributed by atoms with Gasteiger partial charge in [-0.15, -0.1) is 0 Å². The van der Waals surface area contributed by atoms with E-state index in [0.717, 1.165) is 36.9 Å². The predicted octanol–water partition coefficient (Wildman–Crippen LogP) is 1.18. The van der Waals surface area contributed by atoms with Crippen LogP contribution in [0.5, 0.6) is 0 Å². The number of carboxylic acid groups (broad SMARTS) is 1. The fraction of sp³-hybridized carbons (Fsp3) is 0.417. The van der Waals surface area contributed by atoms with Crippen LogP contribution in [-0.2, 0) is 19.9 Å². The predicted molar refractivity (Wildman–Crippen MR) is 63.9 cm³/mol. The topological polar surface area (TPSA) is 72.9 Å². The molecule has 1 N–H and O–H groups in total. The van der Waals surface area contributed by atoms with Gasteiger partial charge in [-0.25, -0.2) is 9.48 Å². The van der Waals surface area contributed by atoms with Gasteiger partial charge in [0, 0.05) is 24.9 Å². The van der Waals surface area contributed by atoms with Crippen molar-refractivity contribution in [1.82, 2.24) is 19.6 Å². The SMILES string of the molecule is Cn1ccc(-n2nc(C(=O)O)c3c2CCCC3)n1. The highest BCUT2D eigenvalue weighted by Gasteiger charge is 2.25. The molecule has 0 unspecified atom stereocenters. The van der Waals surface area contributed by atoms with E-state index in [1.54, 1.807) is 9.36 Å². The van der Waals surface area contributed by atoms with Gasteiger partial charge in [0.25, 0.3) is 0 Å². The third-order valence-corrected chi connectivity index (χ3v) is 3.30. The van der Waals surface area contributed by atoms with Gasteiger partial charge < -0.3 is 5.11 Å². The first-order chi connectivity index (χ1) is 8.66. The Morgan fingerprint density at radius 1 is 1.33 bits per heavy atom. The zero-order chi connectivity index (χ0) is 12.7. The molecule has 0 atom stereocenters. The van der Waals surface area contributed by atoms with E-state index >= 15 is 0 Å². The van der Waals surface area contributed by atoms with Gasteiger partial charge in [-0.3, -0.25) is 4.68 Å². The maximum atomic E-state index is 11.2. The third kappa shape index (κ3) is 1.61. The Morgan fingerprint density at radius 3 is 2.78 bits per heavy atom. The molecule has 1 aliphatic carbocycles. The van der Waals surface area contributed by atoms with Crippen LogP contribution in [0.2, 0.25) is 0 Å². The van der Waals surface area contributed by atoms with Crippen LogP contribution in [0.25, 0.3) is 5.82 Å². The molecule has 0 amide bonds. The highest BCUT2D eigenvalue weighted by atomic mass is 16.4. The minimum Gasteiger partial charge on any atom is -0.476 e. The summed E-state index contributed by atoms with van der Waals surface area (Å²) in [7, 11) is 1.83. The molecule has 2 aromatic heterocycles. The summed E-state index contributed by atoms with van der Waals surface area (Å²) in [5.41, 5.74) is 2.05. The quantitative estimate of drug-likeness (QED) is 0.863. The molecular formula is C12H14N4O2. The van der Waals surface area contributed by atoms with Crippen molar-refractivity contribution in [3.05, 3.63) is 29.2 Å². The maximum Gasteiger partial charge on any atom is 0.356 e. The Bertz CT molecular complexity index is 612. The number of hydrogen-bond acceptors (Lipinski definition) is 3. The lowest BCUT2D eigenvalue weighted by molar-refractivity contribution is 0.0688. The molecule has 3 rings (SSSR count). The standard InChI is InChI=1S/C12H14N4O2/c1-15-7-6-10(13-15)16-9-5-3-2-4-8(9)11(14-16)12(17)18/h6-7H,2-5H2,1H3,(H,17,18). The average Bonchev–Trinajstić information content (AvgIpc) is 2.92. The molecule has 2 aromatic rings. The van der Waals surface area contributed by atoms with E-state index in [-0.39, 0.29) is 5.69 Å². The maximum absolute atomic E-state index is 11.2. The van der Waals surface area contributed by atoms with Crippen molar-refractivity contribution < 1.29 is 9.90 Å². The summed E-state index contributed by atoms with van der Waals surface area (Å²) in [4.78, 5) is 11.2. The molecule has 0 radical (unpaired) electrons. The number of rotatable bonds is 2. The van der Waals surface area contributed by atoms with E-state index in [9.17, 15) is 9.90 Å². The fourth-order valence-corrected chi connectivity index (χ4v) is 2.48. The first-order valence-electron chi connectivity index (χ1n) is 6.01. The molecule has 2 heterocycles. The Labute approximate surface area is 104 Å². The lowest BCUT2D eigenvalue weighted by Gasteiger charge is -2.12. The molecule has 6 heteroatoms. The highest BCUT2D eigenvalue weighted by Crippen LogP contribution is 2.26. The zero-order valence-electron chi connectivity index (χ0n) is 10.1. The van der Waals surface area contributed by atoms with Gasteiger partial charge in [0.05, 0.1) is 5.69 Å². The first kappa shape index (κ1) is 11.0. The van der Waals surface area contributed by atoms with Gasteiger partial charge in [0.2, 0.25) is 0 Å². The van der Waals surface area contributed by atoms with Crippen LogP contribution in [0.15, 0.2) is 12.3 Å². The second-order valence-corrected chi connectivity index (χ2v) is 4.55. The minimum atomic E-state index is -0.956. The van der Waals surface area contributed by atoms with E-state index in [2.05, 4.69) is 10.2 Å². The Morgan fingerprint density at radius 2 is 2.11 bits per heavy atom. The number of hydrogen-bond donors (Lipinski definition) is 1. The molecule has 0 saturated carbocycles. The molecule has 94 valence electrons. The molecule has 0 bridgehead atoms. The molecule has 18 heavy (non-hydrogen) atoms. The minimum absolute atomic E-state index is 0.176. The van der Waals surface area contributed by atoms with Crippen LogP contribution in [0, 0.1) is 0 Å². The van der Waals surface area contributed by atoms with Gasteiger partial charge in [-0.05, 0) is 25.7 Å². The smallest absolute Gasteiger partial charge is 0.356 e. The molecule has 0 fully saturated rings. The Hall–Kier alpha value is -2.11. The van der Waals surface area contributed by atoms with Crippen molar-refractivity contribution >= 4 is 5.97 Å². The number of carbonyl (C=O) groups is 1. The van der Waals surface area contributed by atoms with Crippen molar-refractivity contribution in [2.75, 3.05) is 0 Å². The molecule has 1 aliphatic rings. The number of aromatic nitrogens is 4. The van der Waals surface area contributed by atoms with Gasteiger partial charge in [-0.1, -0.05) is 0 Å². The molecule has 0 saturated heterocycles. The van der Waals surface area contributed by atoms with E-state index < -0.39 is 5.97 Å². The van der Waals surface area contributed by atoms with Gasteiger partial charge >= 0.3 is 5.97 Å². The summed E-state index contributed by atoms with van der Waals surface area (Å²) in [6.45, 7) is 0. The number of aryl methyl sites for hydroxylation is 1. The van der Waals surface area contributed by atoms with Crippen molar-refractivity contribution in [3.63, 3.8) is 0 Å². The average molecular weight is 246 g/mol. The van der Waals surface area contributed by atoms with Gasteiger partial charge in [-0.2, -0.15) is 10.2 Å². The first-order valence-corrected chi connectivity index (χ1v) is 6.01. The molecule has 0 spiro atoms. The molecule has 0 aliphatic heterocycles. The summed E-state index contributed by atoms with van der Waals surface area (Å²) in [5, 5.41) is 17.7. The fourth-order valence-electron chi connectivity index (χ4n) is 2.48. The normalized spacial score (nSPS) is 14.5. The monoisotopic (exact) mass is 246 g/mol. The van der Waals surface area contributed by atoms with Crippen LogP contribution < -0.4 is 0 Å². The molecule has 6 nitrogen and oxygen atoms in total. The van der Waals surface area contributed by atoms with Crippen LogP contribution in [0.1, 0.15) is 34.6 Å². The second kappa shape index (κ2) is 3.97. The van der Waals surface area contributed by atoms with E-state index in [0.29, 0.717) is 5.82 Å². The summed E-state index contributed by atoms with van der Waals surface area (Å²) in [6, 6.07) is 1.84. The second-order valence-electron chi connectivity index (χ2n) is 4.55. The molecule has 0 aromatic carbocycles. The third-order valence-electron chi connectivity index (χ3n) is 3.30. The molecular weight excluding hydrogens is 232 g/mol. The summed E-state index contributed by atoms with van der Waals surface area (Å²) in [6.07, 6.45) is 5.59. The Kier molecular flexibility index (Phi) is 2.43. The van der Waals surface area contributed by atoms with Crippen molar-refractivity contribution in [3.8, 4) is 5.82 Å². The van der Waals surface area contributed by atoms with E-state index in [4.69, 9.17) is 0 Å². The summed E-state index contributed by atoms with van der Waals surface area (Å²) in [5.74, 6) is -0.272. The van der Waals surface area contributed by atoms with Crippen LogP contribution >= 0.6 is 0 Å². The largest absolute Gasteiger partial charge is 0.476 e. The lowest BCUT2D eigenvalue weighted by atomic mass is 9.96. The summed E-state index contributed by atoms with van der Waals surface area (Å²) < 4.78 is 3.37. The zero-order valence-corrected chi connectivity index (χ0v) is 10.1. The van der Waals surface area contributed by atoms with Gasteiger partial charge in [0.15, 0.2) is 11.5 Å². The number of carboxylic acids is 1. The van der Waals surface area contributed by atoms with Crippen LogP contribution in [0.4, 0.5) is 0 Å². The lowest BCUT2D eigenvalue weighted by Crippen LogP contribution is -2.08. The van der Waals surface area contributed by atoms with Crippen LogP contribution in [0.3, 0.4) is 0 Å². The van der Waals surface area contributed by atoms with Crippen LogP contribution in [-0.4, -0.2) is 30.6 Å². The van der Waals surface area contributed by atoms with Gasteiger partial charge in [0.1, 0.15) is 0 Å².